The minimum atomic E-state index is -0.588. The Hall–Kier alpha value is -2.67. The minimum Gasteiger partial charge on any atom is -0.491 e. The Balaban J connectivity index is 2.24. The predicted molar refractivity (Wildman–Crippen MR) is 87.1 cm³/mol. The lowest BCUT2D eigenvalue weighted by Crippen LogP contribution is -2.17. The Bertz CT molecular complexity index is 686. The van der Waals surface area contributed by atoms with Crippen LogP contribution in [0.2, 0.25) is 0 Å². The molecular weight excluding hydrogens is 296 g/mol. The Kier molecular flexibility index (Phi) is 5.48. The fraction of sp³-hybridized carbons (Fsp3) is 0.312. The van der Waals surface area contributed by atoms with Crippen molar-refractivity contribution < 1.29 is 14.3 Å². The Labute approximate surface area is 134 Å². The first-order valence-electron chi connectivity index (χ1n) is 7.27. The molecule has 4 N–H and O–H groups in total. The summed E-state index contributed by atoms with van der Waals surface area (Å²) in [4.78, 5) is 19.8. The number of nitrogen functional groups attached to an aromatic ring is 1. The lowest BCUT2D eigenvalue weighted by molar-refractivity contribution is 0.0999. The van der Waals surface area contributed by atoms with E-state index in [2.05, 4.69) is 9.97 Å². The van der Waals surface area contributed by atoms with Gasteiger partial charge in [0, 0.05) is 12.2 Å². The number of nitrogens with two attached hydrogens (primary N) is 2. The zero-order valence-corrected chi connectivity index (χ0v) is 13.2. The summed E-state index contributed by atoms with van der Waals surface area (Å²) >= 11 is 0. The van der Waals surface area contributed by atoms with Gasteiger partial charge in [-0.3, -0.25) is 4.79 Å². The van der Waals surface area contributed by atoms with Crippen molar-refractivity contribution in [1.82, 2.24) is 9.97 Å². The fourth-order valence-electron chi connectivity index (χ4n) is 2.17. The molecule has 122 valence electrons. The summed E-state index contributed by atoms with van der Waals surface area (Å²) in [6.07, 6.45) is 0. The molecule has 1 aromatic carbocycles. The van der Waals surface area contributed by atoms with Crippen molar-refractivity contribution >= 4 is 11.9 Å². The van der Waals surface area contributed by atoms with Gasteiger partial charge in [-0.15, -0.1) is 0 Å². The highest BCUT2D eigenvalue weighted by atomic mass is 16.5. The van der Waals surface area contributed by atoms with Crippen LogP contribution in [0.15, 0.2) is 24.3 Å². The normalized spacial score (nSPS) is 10.5. The molecule has 0 aliphatic carbocycles. The van der Waals surface area contributed by atoms with Gasteiger partial charge in [0.15, 0.2) is 0 Å². The van der Waals surface area contributed by atoms with Gasteiger partial charge in [-0.05, 0) is 38.1 Å². The second-order valence-electron chi connectivity index (χ2n) is 4.82. The van der Waals surface area contributed by atoms with Crippen LogP contribution < -0.4 is 16.2 Å². The van der Waals surface area contributed by atoms with E-state index in [9.17, 15) is 4.79 Å². The number of hydrogen-bond acceptors (Lipinski definition) is 6. The average Bonchev–Trinajstić information content (AvgIpc) is 2.51. The zero-order chi connectivity index (χ0) is 16.8. The molecule has 1 heterocycles. The highest BCUT2D eigenvalue weighted by molar-refractivity contribution is 6.00. The van der Waals surface area contributed by atoms with E-state index in [1.54, 1.807) is 31.2 Å². The van der Waals surface area contributed by atoms with Crippen molar-refractivity contribution in [3.63, 3.8) is 0 Å². The maximum absolute atomic E-state index is 11.7. The van der Waals surface area contributed by atoms with Crippen molar-refractivity contribution in [1.29, 1.82) is 0 Å². The molecule has 0 unspecified atom stereocenters. The molecule has 0 radical (unpaired) electrons. The van der Waals surface area contributed by atoms with Crippen LogP contribution in [-0.4, -0.2) is 35.7 Å². The summed E-state index contributed by atoms with van der Waals surface area (Å²) in [7, 11) is 0. The van der Waals surface area contributed by atoms with Gasteiger partial charge < -0.3 is 20.9 Å². The topological polar surface area (TPSA) is 113 Å². The summed E-state index contributed by atoms with van der Waals surface area (Å²) < 4.78 is 10.8. The lowest BCUT2D eigenvalue weighted by Gasteiger charge is -2.11. The number of anilines is 1. The molecule has 0 aliphatic rings. The van der Waals surface area contributed by atoms with Gasteiger partial charge in [0.05, 0.1) is 23.6 Å². The van der Waals surface area contributed by atoms with E-state index in [1.165, 1.54) is 0 Å². The van der Waals surface area contributed by atoms with E-state index in [1.807, 2.05) is 6.92 Å². The second kappa shape index (κ2) is 7.55. The van der Waals surface area contributed by atoms with Crippen molar-refractivity contribution in [2.24, 2.45) is 5.73 Å². The van der Waals surface area contributed by atoms with E-state index in [0.29, 0.717) is 42.5 Å². The van der Waals surface area contributed by atoms with E-state index in [4.69, 9.17) is 20.9 Å². The molecule has 7 nitrogen and oxygen atoms in total. The summed E-state index contributed by atoms with van der Waals surface area (Å²) in [6, 6.07) is 7.17. The molecule has 0 bridgehead atoms. The molecule has 0 saturated carbocycles. The van der Waals surface area contributed by atoms with Gasteiger partial charge in [0.1, 0.15) is 12.4 Å². The lowest BCUT2D eigenvalue weighted by atomic mass is 10.0. The van der Waals surface area contributed by atoms with E-state index < -0.39 is 5.91 Å². The number of hydrogen-bond donors (Lipinski definition) is 2. The van der Waals surface area contributed by atoms with Crippen LogP contribution in [0.3, 0.4) is 0 Å². The largest absolute Gasteiger partial charge is 0.491 e. The minimum absolute atomic E-state index is 0.0968. The number of primary amides is 1. The molecule has 2 rings (SSSR count). The standard InChI is InChI=1S/C16H20N4O3/c1-3-22-8-9-23-12-6-4-11(5-7-12)14-13(15(17)21)10(2)19-16(18)20-14/h4-7H,3,8-9H2,1-2H3,(H2,17,21)(H2,18,19,20). The van der Waals surface area contributed by atoms with Crippen LogP contribution in [0, 0.1) is 6.92 Å². The number of nitrogens with zero attached hydrogens (tertiary/aromatic N) is 2. The average molecular weight is 316 g/mol. The summed E-state index contributed by atoms with van der Waals surface area (Å²) in [5.74, 6) is 0.210. The predicted octanol–water partition coefficient (Wildman–Crippen LogP) is 1.55. The molecule has 0 aliphatic heterocycles. The summed E-state index contributed by atoms with van der Waals surface area (Å²) in [5.41, 5.74) is 13.0. The van der Waals surface area contributed by atoms with Crippen molar-refractivity contribution in [2.75, 3.05) is 25.6 Å². The molecule has 7 heteroatoms. The third-order valence-corrected chi connectivity index (χ3v) is 3.18. The van der Waals surface area contributed by atoms with Crippen LogP contribution in [-0.2, 0) is 4.74 Å². The van der Waals surface area contributed by atoms with Gasteiger partial charge in [-0.25, -0.2) is 9.97 Å². The molecule has 1 amide bonds. The van der Waals surface area contributed by atoms with Crippen LogP contribution in [0.4, 0.5) is 5.95 Å². The number of ether oxygens (including phenoxy) is 2. The maximum atomic E-state index is 11.7. The Morgan fingerprint density at radius 1 is 1.17 bits per heavy atom. The Morgan fingerprint density at radius 2 is 1.87 bits per heavy atom. The van der Waals surface area contributed by atoms with Crippen LogP contribution in [0.25, 0.3) is 11.3 Å². The third-order valence-electron chi connectivity index (χ3n) is 3.18. The van der Waals surface area contributed by atoms with Gasteiger partial charge in [0.2, 0.25) is 5.95 Å². The molecule has 2 aromatic rings. The first kappa shape index (κ1) is 16.7. The SMILES string of the molecule is CCOCCOc1ccc(-c2nc(N)nc(C)c2C(N)=O)cc1. The summed E-state index contributed by atoms with van der Waals surface area (Å²) in [6.45, 7) is 5.27. The van der Waals surface area contributed by atoms with E-state index >= 15 is 0 Å². The molecule has 0 saturated heterocycles. The second-order valence-corrected chi connectivity index (χ2v) is 4.82. The van der Waals surface area contributed by atoms with E-state index in [-0.39, 0.29) is 11.5 Å². The molecule has 0 fully saturated rings. The number of benzene rings is 1. The van der Waals surface area contributed by atoms with Crippen molar-refractivity contribution in [3.05, 3.63) is 35.5 Å². The molecular formula is C16H20N4O3. The first-order chi connectivity index (χ1) is 11.0. The van der Waals surface area contributed by atoms with Crippen LogP contribution in [0.5, 0.6) is 5.75 Å². The fourth-order valence-corrected chi connectivity index (χ4v) is 2.17. The maximum Gasteiger partial charge on any atom is 0.252 e. The third kappa shape index (κ3) is 4.17. The number of carbonyl (C=O) groups is 1. The molecule has 0 atom stereocenters. The van der Waals surface area contributed by atoms with Crippen LogP contribution >= 0.6 is 0 Å². The monoisotopic (exact) mass is 316 g/mol. The molecule has 1 aromatic heterocycles. The number of aromatic nitrogens is 2. The number of aryl methyl sites for hydroxylation is 1. The van der Waals surface area contributed by atoms with Gasteiger partial charge in [0.25, 0.3) is 5.91 Å². The van der Waals surface area contributed by atoms with Crippen LogP contribution in [0.1, 0.15) is 23.0 Å². The van der Waals surface area contributed by atoms with Gasteiger partial charge >= 0.3 is 0 Å². The first-order valence-corrected chi connectivity index (χ1v) is 7.27. The number of carbonyl (C=O) groups excluding carboxylic acids is 1. The Morgan fingerprint density at radius 3 is 2.48 bits per heavy atom. The highest BCUT2D eigenvalue weighted by Crippen LogP contribution is 2.26. The zero-order valence-electron chi connectivity index (χ0n) is 13.2. The smallest absolute Gasteiger partial charge is 0.252 e. The summed E-state index contributed by atoms with van der Waals surface area (Å²) in [5, 5.41) is 0. The van der Waals surface area contributed by atoms with E-state index in [0.717, 1.165) is 0 Å². The van der Waals surface area contributed by atoms with Crippen molar-refractivity contribution in [3.8, 4) is 17.0 Å². The number of amides is 1. The van der Waals surface area contributed by atoms with Gasteiger partial charge in [-0.2, -0.15) is 0 Å². The highest BCUT2D eigenvalue weighted by Gasteiger charge is 2.17. The molecule has 0 spiro atoms. The molecule has 23 heavy (non-hydrogen) atoms. The number of rotatable bonds is 7. The quantitative estimate of drug-likeness (QED) is 0.749. The van der Waals surface area contributed by atoms with Gasteiger partial charge in [-0.1, -0.05) is 0 Å². The van der Waals surface area contributed by atoms with Crippen molar-refractivity contribution in [2.45, 2.75) is 13.8 Å².